The standard InChI is InChI=1S/C10H8N2O4S/c1-7-3-8(5-11-13)10(17(2,15)16)9(4-7)6-12-14/h3-4H,1-2H3/p+1. The SMILES string of the molecule is Cc1cc(C#[N+][O-])c(S(C)(=O)=O)c(C#[N+]O)c1. The summed E-state index contributed by atoms with van der Waals surface area (Å²) in [5.41, 5.74) is 0.740. The topological polar surface area (TPSA) is 86.2 Å². The third-order valence-electron chi connectivity index (χ3n) is 1.94. The second kappa shape index (κ2) is 4.73. The molecule has 0 aliphatic rings. The normalized spacial score (nSPS) is 9.76. The summed E-state index contributed by atoms with van der Waals surface area (Å²) in [6.07, 6.45) is 0.968. The summed E-state index contributed by atoms with van der Waals surface area (Å²) < 4.78 is 23.2. The summed E-state index contributed by atoms with van der Waals surface area (Å²) in [7, 11) is -3.62. The molecule has 1 N–H and O–H groups in total. The minimum Gasteiger partial charge on any atom is -0.498 e. The molecule has 0 heterocycles. The molecule has 88 valence electrons. The minimum absolute atomic E-state index is 0.0219. The summed E-state index contributed by atoms with van der Waals surface area (Å²) in [4.78, 5) is -0.194. The predicted molar refractivity (Wildman–Crippen MR) is 62.1 cm³/mol. The number of hydrogen-bond acceptors (Lipinski definition) is 4. The monoisotopic (exact) mass is 253 g/mol. The highest BCUT2D eigenvalue weighted by molar-refractivity contribution is 7.90. The minimum atomic E-state index is -3.62. The van der Waals surface area contributed by atoms with Crippen LogP contribution in [0.2, 0.25) is 0 Å². The van der Waals surface area contributed by atoms with Crippen LogP contribution in [-0.4, -0.2) is 19.9 Å². The number of nitrogens with zero attached hydrogens (tertiary/aromatic N) is 2. The molecule has 0 atom stereocenters. The van der Waals surface area contributed by atoms with Gasteiger partial charge in [-0.1, -0.05) is 0 Å². The van der Waals surface area contributed by atoms with E-state index in [1.165, 1.54) is 12.1 Å². The Kier molecular flexibility index (Phi) is 3.56. The molecule has 7 heteroatoms. The summed E-state index contributed by atoms with van der Waals surface area (Å²) in [6.45, 7) is 1.69. The van der Waals surface area contributed by atoms with Crippen molar-refractivity contribution in [2.24, 2.45) is 0 Å². The summed E-state index contributed by atoms with van der Waals surface area (Å²) in [6, 6.07) is 7.10. The van der Waals surface area contributed by atoms with Gasteiger partial charge in [0.2, 0.25) is 5.01 Å². The van der Waals surface area contributed by atoms with Gasteiger partial charge in [-0.05, 0) is 24.6 Å². The molecule has 0 saturated carbocycles. The fourth-order valence-electron chi connectivity index (χ4n) is 1.44. The van der Waals surface area contributed by atoms with Gasteiger partial charge >= 0.3 is 12.1 Å². The van der Waals surface area contributed by atoms with E-state index in [0.29, 0.717) is 5.56 Å². The lowest BCUT2D eigenvalue weighted by atomic mass is 10.1. The average molecular weight is 253 g/mol. The van der Waals surface area contributed by atoms with Crippen molar-refractivity contribution in [1.82, 2.24) is 0 Å². The summed E-state index contributed by atoms with van der Waals surface area (Å²) in [5.74, 6) is 0. The maximum absolute atomic E-state index is 11.6. The molecule has 0 amide bonds. The molecule has 0 aliphatic carbocycles. The first kappa shape index (κ1) is 12.8. The van der Waals surface area contributed by atoms with Crippen LogP contribution in [0.15, 0.2) is 17.0 Å². The quantitative estimate of drug-likeness (QED) is 0.771. The molecular weight excluding hydrogens is 244 g/mol. The van der Waals surface area contributed by atoms with Gasteiger partial charge < -0.3 is 5.21 Å². The molecule has 1 rings (SSSR count). The van der Waals surface area contributed by atoms with Crippen LogP contribution in [-0.2, 0) is 9.84 Å². The van der Waals surface area contributed by atoms with E-state index in [4.69, 9.17) is 5.21 Å². The Bertz CT molecular complexity index is 631. The van der Waals surface area contributed by atoms with Crippen molar-refractivity contribution in [2.45, 2.75) is 11.8 Å². The number of hydrogen-bond donors (Lipinski definition) is 1. The second-order valence-electron chi connectivity index (χ2n) is 3.38. The number of sulfone groups is 1. The van der Waals surface area contributed by atoms with E-state index in [-0.39, 0.29) is 16.0 Å². The predicted octanol–water partition coefficient (Wildman–Crippen LogP) is 1.65. The zero-order chi connectivity index (χ0) is 13.1. The molecule has 0 aliphatic heterocycles. The maximum atomic E-state index is 11.6. The largest absolute Gasteiger partial charge is 0.498 e. The van der Waals surface area contributed by atoms with Gasteiger partial charge in [-0.2, -0.15) is 5.21 Å². The van der Waals surface area contributed by atoms with Gasteiger partial charge in [-0.15, -0.1) is 0 Å². The molecule has 0 saturated heterocycles. The van der Waals surface area contributed by atoms with E-state index >= 15 is 0 Å². The van der Waals surface area contributed by atoms with Crippen molar-refractivity contribution in [3.63, 3.8) is 0 Å². The Morgan fingerprint density at radius 1 is 1.29 bits per heavy atom. The van der Waals surface area contributed by atoms with Gasteiger partial charge in [0.1, 0.15) is 16.0 Å². The lowest BCUT2D eigenvalue weighted by molar-refractivity contribution is 0.465. The zero-order valence-electron chi connectivity index (χ0n) is 9.13. The smallest absolute Gasteiger partial charge is 0.389 e. The van der Waals surface area contributed by atoms with Crippen molar-refractivity contribution in [2.75, 3.05) is 6.26 Å². The van der Waals surface area contributed by atoms with Gasteiger partial charge in [0.05, 0.1) is 0 Å². The Morgan fingerprint density at radius 3 is 2.24 bits per heavy atom. The average Bonchev–Trinajstić information content (AvgIpc) is 2.15. The van der Waals surface area contributed by atoms with Crippen LogP contribution in [0.25, 0.3) is 10.0 Å². The third-order valence-corrected chi connectivity index (χ3v) is 3.12. The Balaban J connectivity index is 3.80. The highest BCUT2D eigenvalue weighted by Gasteiger charge is 2.23. The molecule has 0 fully saturated rings. The van der Waals surface area contributed by atoms with E-state index in [0.717, 1.165) is 6.26 Å². The zero-order valence-corrected chi connectivity index (χ0v) is 9.95. The Morgan fingerprint density at radius 2 is 1.82 bits per heavy atom. The van der Waals surface area contributed by atoms with Crippen molar-refractivity contribution in [3.05, 3.63) is 44.0 Å². The van der Waals surface area contributed by atoms with Crippen molar-refractivity contribution >= 4 is 9.84 Å². The van der Waals surface area contributed by atoms with Crippen molar-refractivity contribution in [3.8, 4) is 12.1 Å². The fraction of sp³-hybridized carbons (Fsp3) is 0.200. The van der Waals surface area contributed by atoms with Gasteiger partial charge in [-0.25, -0.2) is 8.42 Å². The first-order valence-electron chi connectivity index (χ1n) is 4.43. The molecule has 0 aromatic heterocycles. The molecule has 17 heavy (non-hydrogen) atoms. The molecule has 1 aromatic carbocycles. The van der Waals surface area contributed by atoms with Gasteiger partial charge in [0.15, 0.2) is 9.84 Å². The molecule has 0 unspecified atom stereocenters. The lowest BCUT2D eigenvalue weighted by Crippen LogP contribution is -2.04. The molecule has 0 bridgehead atoms. The first-order chi connectivity index (χ1) is 7.90. The second-order valence-corrected chi connectivity index (χ2v) is 5.33. The Hall–Kier alpha value is -2.25. The highest BCUT2D eigenvalue weighted by atomic mass is 32.2. The summed E-state index contributed by atoms with van der Waals surface area (Å²) >= 11 is 0. The number of benzene rings is 1. The van der Waals surface area contributed by atoms with Crippen molar-refractivity contribution < 1.29 is 13.6 Å². The van der Waals surface area contributed by atoms with Crippen molar-refractivity contribution in [1.29, 1.82) is 0 Å². The fourth-order valence-corrected chi connectivity index (χ4v) is 2.45. The van der Waals surface area contributed by atoms with E-state index < -0.39 is 9.84 Å². The third kappa shape index (κ3) is 2.86. The van der Waals surface area contributed by atoms with Crippen LogP contribution >= 0.6 is 0 Å². The van der Waals surface area contributed by atoms with E-state index in [1.807, 2.05) is 6.07 Å². The highest BCUT2D eigenvalue weighted by Crippen LogP contribution is 2.22. The van der Waals surface area contributed by atoms with Crippen LogP contribution in [0.3, 0.4) is 0 Å². The number of rotatable bonds is 1. The summed E-state index contributed by atoms with van der Waals surface area (Å²) in [5, 5.41) is 23.7. The molecule has 1 aromatic rings. The molecular formula is C10H9N2O4S+. The molecule has 6 nitrogen and oxygen atoms in total. The van der Waals surface area contributed by atoms with E-state index in [1.54, 1.807) is 6.92 Å². The van der Waals surface area contributed by atoms with Gasteiger partial charge in [0.25, 0.3) is 0 Å². The van der Waals surface area contributed by atoms with Gasteiger partial charge in [-0.3, -0.25) is 0 Å². The van der Waals surface area contributed by atoms with Crippen LogP contribution < -0.4 is 0 Å². The maximum Gasteiger partial charge on any atom is 0.389 e. The number of aryl methyl sites for hydroxylation is 1. The van der Waals surface area contributed by atoms with E-state index in [2.05, 4.69) is 16.1 Å². The molecule has 0 radical (unpaired) electrons. The van der Waals surface area contributed by atoms with Gasteiger partial charge in [0, 0.05) is 11.3 Å². The van der Waals surface area contributed by atoms with Crippen LogP contribution in [0.1, 0.15) is 16.7 Å². The van der Waals surface area contributed by atoms with E-state index in [9.17, 15) is 13.6 Å². The first-order valence-corrected chi connectivity index (χ1v) is 6.32. The van der Waals surface area contributed by atoms with Crippen LogP contribution in [0.5, 0.6) is 0 Å². The Labute approximate surface area is 98.2 Å². The molecule has 0 spiro atoms. The van der Waals surface area contributed by atoms with Crippen LogP contribution in [0, 0.1) is 24.3 Å². The lowest BCUT2D eigenvalue weighted by Gasteiger charge is -2.02. The van der Waals surface area contributed by atoms with Crippen LogP contribution in [0.4, 0.5) is 0 Å².